The molecule has 0 aliphatic carbocycles. The van der Waals surface area contributed by atoms with E-state index in [1.165, 1.54) is 89.5 Å². The zero-order chi connectivity index (χ0) is 47.7. The number of ketones is 1. The second-order valence-corrected chi connectivity index (χ2v) is 17.1. The number of hydrogen-bond acceptors (Lipinski definition) is 15. The molecule has 0 spiro atoms. The van der Waals surface area contributed by atoms with Crippen molar-refractivity contribution >= 4 is 47.2 Å². The molecule has 0 aromatic carbocycles. The van der Waals surface area contributed by atoms with E-state index in [1.807, 2.05) is 0 Å². The standard InChI is InChI=1S/C40H79N9O9S.C5H12.H3N.2H2O/c1-34(50)35(47-42)18-15-16-22-44-39(53)32-57-29-28-56-26-24-46-40(54)33-58-30-27-55-25-23-45-37(51)21-17-31-59-49-38(52)20-14-12-10-8-6-4-2-3-5-7-9-11-13-19-36(41)48-43;1-4-5(2)3;;;/h35,47H,2-33,42-43H2,1H3,(H2,41,48)(H,44,53)(H,45,51)(H,46,54)(H,49,52);5H,4H2,1-3H3;1H3;2*1H2/t35-;;;;/m0..../s1. The Kier molecular flexibility index (Phi) is 62.1. The van der Waals surface area contributed by atoms with Crippen LogP contribution >= 0.6 is 11.9 Å². The molecule has 18 N–H and O–H groups in total. The van der Waals surface area contributed by atoms with Gasteiger partial charge in [-0.2, -0.15) is 5.10 Å². The van der Waals surface area contributed by atoms with Crippen LogP contribution in [0, 0.1) is 5.92 Å². The highest BCUT2D eigenvalue weighted by atomic mass is 32.2. The lowest BCUT2D eigenvalue weighted by atomic mass is 10.0. The number of unbranched alkanes of at least 4 members (excludes halogenated alkanes) is 13. The SMILES string of the molecule is CC(=O)[C@H](CCCCNC(=O)COCCOCCNC(=O)COCCOCCNC(=O)CCCSNC(=O)CCCCCCCCCCCCCCC/C(N)=N/N)NN.CCC(C)C.N.O.O. The third-order valence-corrected chi connectivity index (χ3v) is 10.8. The molecule has 0 aliphatic rings. The smallest absolute Gasteiger partial charge is 0.246 e. The second kappa shape index (κ2) is 57.1. The van der Waals surface area contributed by atoms with E-state index in [1.54, 1.807) is 0 Å². The van der Waals surface area contributed by atoms with E-state index >= 15 is 0 Å². The topological polar surface area (TPSA) is 371 Å². The van der Waals surface area contributed by atoms with Gasteiger partial charge >= 0.3 is 0 Å². The van der Waals surface area contributed by atoms with Crippen molar-refractivity contribution in [2.45, 2.75) is 169 Å². The maximum atomic E-state index is 12.1. The fourth-order valence-electron chi connectivity index (χ4n) is 5.68. The van der Waals surface area contributed by atoms with E-state index in [9.17, 15) is 24.0 Å². The molecule has 0 fully saturated rings. The number of hydrazine groups is 1. The number of amidine groups is 1. The van der Waals surface area contributed by atoms with Crippen molar-refractivity contribution in [3.8, 4) is 0 Å². The molecule has 0 saturated heterocycles. The van der Waals surface area contributed by atoms with E-state index in [2.05, 4.69) is 52.0 Å². The van der Waals surface area contributed by atoms with E-state index in [-0.39, 0.29) is 85.6 Å². The van der Waals surface area contributed by atoms with Gasteiger partial charge in [-0.25, -0.2) is 5.43 Å². The molecule has 0 radical (unpaired) electrons. The van der Waals surface area contributed by atoms with Crippen LogP contribution in [0.4, 0.5) is 0 Å². The minimum Gasteiger partial charge on any atom is -0.412 e. The van der Waals surface area contributed by atoms with Crippen molar-refractivity contribution < 1.29 is 53.9 Å². The lowest BCUT2D eigenvalue weighted by molar-refractivity contribution is -0.127. The molecule has 4 amide bonds. The molecule has 0 rings (SSSR count). The van der Waals surface area contributed by atoms with Gasteiger partial charge in [-0.05, 0) is 51.4 Å². The number of amides is 4. The number of carbonyl (C=O) groups is 5. The van der Waals surface area contributed by atoms with Crippen molar-refractivity contribution in [2.24, 2.45) is 28.4 Å². The number of ether oxygens (including phenoxy) is 4. The summed E-state index contributed by atoms with van der Waals surface area (Å²) in [6.07, 6.45) is 21.5. The van der Waals surface area contributed by atoms with E-state index in [4.69, 9.17) is 36.4 Å². The Morgan fingerprint density at radius 3 is 1.43 bits per heavy atom. The van der Waals surface area contributed by atoms with Crippen LogP contribution in [0.15, 0.2) is 5.10 Å². The molecular formula is C45H98N10O11S. The van der Waals surface area contributed by atoms with Gasteiger partial charge in [-0.3, -0.25) is 29.8 Å². The van der Waals surface area contributed by atoms with Crippen molar-refractivity contribution in [3.05, 3.63) is 0 Å². The summed E-state index contributed by atoms with van der Waals surface area (Å²) in [5, 5.41) is 11.7. The number of nitrogens with one attached hydrogen (secondary N) is 5. The molecule has 0 aromatic rings. The molecule has 21 nitrogen and oxygen atoms in total. The Hall–Kier alpha value is -3.19. The summed E-state index contributed by atoms with van der Waals surface area (Å²) in [4.78, 5) is 59.1. The highest BCUT2D eigenvalue weighted by Crippen LogP contribution is 2.14. The normalized spacial score (nSPS) is 11.2. The Balaban J connectivity index is -0.00000151. The summed E-state index contributed by atoms with van der Waals surface area (Å²) in [6.45, 7) is 10.8. The minimum atomic E-state index is -0.360. The first kappa shape index (κ1) is 72.8. The molecule has 67 heavy (non-hydrogen) atoms. The fraction of sp³-hybridized carbons (Fsp3) is 0.867. The molecule has 0 heterocycles. The number of Topliss-reactive ketones (excluding diaryl/α,β-unsaturated/α-hetero) is 1. The van der Waals surface area contributed by atoms with Crippen molar-refractivity contribution in [1.29, 1.82) is 0 Å². The van der Waals surface area contributed by atoms with Crippen LogP contribution in [0.25, 0.3) is 0 Å². The van der Waals surface area contributed by atoms with Gasteiger partial charge in [-0.15, -0.1) is 0 Å². The van der Waals surface area contributed by atoms with Crippen molar-refractivity contribution in [1.82, 2.24) is 32.2 Å². The highest BCUT2D eigenvalue weighted by Gasteiger charge is 2.11. The maximum Gasteiger partial charge on any atom is 0.246 e. The molecule has 0 saturated carbocycles. The summed E-state index contributed by atoms with van der Waals surface area (Å²) >= 11 is 1.36. The zero-order valence-electron chi connectivity index (χ0n) is 42.0. The monoisotopic (exact) mass is 987 g/mol. The van der Waals surface area contributed by atoms with E-state index < -0.39 is 0 Å². The van der Waals surface area contributed by atoms with Gasteiger partial charge in [0.2, 0.25) is 23.6 Å². The molecule has 0 aliphatic heterocycles. The third kappa shape index (κ3) is 58.9. The van der Waals surface area contributed by atoms with E-state index in [0.717, 1.165) is 44.4 Å². The molecule has 0 unspecified atom stereocenters. The number of nitrogens with zero attached hydrogens (tertiary/aromatic N) is 1. The number of rotatable bonds is 45. The first-order valence-corrected chi connectivity index (χ1v) is 25.0. The minimum absolute atomic E-state index is 0. The number of nitrogens with two attached hydrogens (primary N) is 3. The second-order valence-electron chi connectivity index (χ2n) is 16.2. The fourth-order valence-corrected chi connectivity index (χ4v) is 6.33. The van der Waals surface area contributed by atoms with Gasteiger partial charge in [-0.1, -0.05) is 110 Å². The van der Waals surface area contributed by atoms with Gasteiger partial charge in [0.1, 0.15) is 24.8 Å². The van der Waals surface area contributed by atoms with E-state index in [0.29, 0.717) is 76.7 Å². The summed E-state index contributed by atoms with van der Waals surface area (Å²) in [5.74, 6) is 12.0. The average Bonchev–Trinajstić information content (AvgIpc) is 3.27. The summed E-state index contributed by atoms with van der Waals surface area (Å²) < 4.78 is 24.3. The third-order valence-electron chi connectivity index (χ3n) is 9.94. The Bertz CT molecular complexity index is 1180. The Morgan fingerprint density at radius 1 is 0.567 bits per heavy atom. The predicted molar refractivity (Wildman–Crippen MR) is 270 cm³/mol. The van der Waals surface area contributed by atoms with Crippen LogP contribution in [0.5, 0.6) is 0 Å². The highest BCUT2D eigenvalue weighted by molar-refractivity contribution is 7.97. The van der Waals surface area contributed by atoms with Gasteiger partial charge in [0, 0.05) is 44.6 Å². The molecular weight excluding hydrogens is 889 g/mol. The molecule has 0 bridgehead atoms. The van der Waals surface area contributed by atoms with Crippen LogP contribution in [0.3, 0.4) is 0 Å². The molecule has 0 aromatic heterocycles. The largest absolute Gasteiger partial charge is 0.412 e. The molecule has 400 valence electrons. The number of carbonyl (C=O) groups excluding carboxylic acids is 5. The van der Waals surface area contributed by atoms with Gasteiger partial charge < -0.3 is 68.3 Å². The predicted octanol–water partition coefficient (Wildman–Crippen LogP) is 3.18. The van der Waals surface area contributed by atoms with Crippen LogP contribution < -0.4 is 49.7 Å². The van der Waals surface area contributed by atoms with Crippen molar-refractivity contribution in [2.75, 3.05) is 78.2 Å². The lowest BCUT2D eigenvalue weighted by Gasteiger charge is -2.12. The van der Waals surface area contributed by atoms with Crippen LogP contribution in [0.2, 0.25) is 0 Å². The number of hydrogen-bond donors (Lipinski definition) is 9. The van der Waals surface area contributed by atoms with Crippen LogP contribution in [-0.2, 0) is 42.9 Å². The first-order chi connectivity index (χ1) is 31.0. The summed E-state index contributed by atoms with van der Waals surface area (Å²) in [5.41, 5.74) is 8.08. The van der Waals surface area contributed by atoms with Gasteiger partial charge in [0.25, 0.3) is 0 Å². The molecule has 22 heteroatoms. The van der Waals surface area contributed by atoms with Crippen LogP contribution in [0.1, 0.15) is 163 Å². The quantitative estimate of drug-likeness (QED) is 0.0106. The maximum absolute atomic E-state index is 12.1. The van der Waals surface area contributed by atoms with Gasteiger partial charge in [0.15, 0.2) is 0 Å². The molecule has 1 atom stereocenters. The Morgan fingerprint density at radius 2 is 0.985 bits per heavy atom. The Labute approximate surface area is 407 Å². The van der Waals surface area contributed by atoms with Crippen LogP contribution in [-0.4, -0.2) is 130 Å². The summed E-state index contributed by atoms with van der Waals surface area (Å²) in [6, 6.07) is -0.360. The van der Waals surface area contributed by atoms with Crippen molar-refractivity contribution in [3.63, 3.8) is 0 Å². The summed E-state index contributed by atoms with van der Waals surface area (Å²) in [7, 11) is 0. The lowest BCUT2D eigenvalue weighted by Crippen LogP contribution is -2.40. The average molecular weight is 987 g/mol. The number of hydrazone groups is 1. The zero-order valence-corrected chi connectivity index (χ0v) is 42.8. The first-order valence-electron chi connectivity index (χ1n) is 24.0. The van der Waals surface area contributed by atoms with Gasteiger partial charge in [0.05, 0.1) is 45.7 Å².